The van der Waals surface area contributed by atoms with Crippen molar-refractivity contribution >= 4 is 22.9 Å². The molecule has 0 saturated carbocycles. The molecule has 4 rings (SSSR count). The van der Waals surface area contributed by atoms with Gasteiger partial charge in [-0.1, -0.05) is 30.3 Å². The Balaban J connectivity index is 1.41. The normalized spacial score (nSPS) is 11.5. The highest BCUT2D eigenvalue weighted by molar-refractivity contribution is 5.76. The van der Waals surface area contributed by atoms with E-state index in [0.717, 1.165) is 5.52 Å². The van der Waals surface area contributed by atoms with E-state index in [1.807, 2.05) is 0 Å². The third-order valence-electron chi connectivity index (χ3n) is 5.04. The van der Waals surface area contributed by atoms with Gasteiger partial charge in [0.25, 0.3) is 11.5 Å². The van der Waals surface area contributed by atoms with Gasteiger partial charge in [-0.3, -0.25) is 14.2 Å². The Kier molecular flexibility index (Phi) is 6.11. The first-order valence-corrected chi connectivity index (χ1v) is 10.1. The van der Waals surface area contributed by atoms with E-state index in [0.29, 0.717) is 17.0 Å². The lowest BCUT2D eigenvalue weighted by Gasteiger charge is -2.18. The molecule has 170 valence electrons. The van der Waals surface area contributed by atoms with Crippen LogP contribution < -0.4 is 16.2 Å². The molecule has 0 atom stereocenters. The number of fused-ring (bicyclic) bond motifs is 1. The molecule has 9 nitrogen and oxygen atoms in total. The summed E-state index contributed by atoms with van der Waals surface area (Å²) in [5, 5.41) is 5.11. The number of hydrogen-bond donors (Lipinski definition) is 3. The highest BCUT2D eigenvalue weighted by Crippen LogP contribution is 2.27. The number of pyridine rings is 1. The number of nitrogens with one attached hydrogen (secondary N) is 3. The summed E-state index contributed by atoms with van der Waals surface area (Å²) in [5.41, 5.74) is 1.50. The average Bonchev–Trinajstić information content (AvgIpc) is 3.28. The molecule has 0 radical (unpaired) electrons. The molecule has 11 heteroatoms. The number of hydrogen-bond acceptors (Lipinski definition) is 6. The first-order chi connectivity index (χ1) is 15.8. The van der Waals surface area contributed by atoms with Gasteiger partial charge in [-0.25, -0.2) is 15.0 Å². The maximum Gasteiger partial charge on any atom is 0.293 e. The minimum atomic E-state index is -3.20. The molecule has 0 spiro atoms. The van der Waals surface area contributed by atoms with Crippen LogP contribution in [0.2, 0.25) is 0 Å². The van der Waals surface area contributed by atoms with Gasteiger partial charge in [0.15, 0.2) is 11.5 Å². The predicted molar refractivity (Wildman–Crippen MR) is 118 cm³/mol. The molecule has 0 aliphatic heterocycles. The van der Waals surface area contributed by atoms with Crippen LogP contribution in [0.5, 0.6) is 0 Å². The number of rotatable bonds is 8. The molecule has 1 amide bonds. The summed E-state index contributed by atoms with van der Waals surface area (Å²) in [7, 11) is 0. The molecule has 0 aliphatic carbocycles. The van der Waals surface area contributed by atoms with Gasteiger partial charge in [0.2, 0.25) is 5.91 Å². The van der Waals surface area contributed by atoms with Crippen LogP contribution >= 0.6 is 0 Å². The van der Waals surface area contributed by atoms with Crippen LogP contribution in [-0.2, 0) is 23.8 Å². The summed E-state index contributed by atoms with van der Waals surface area (Å²) in [5.74, 6) is -3.89. The molecule has 0 unspecified atom stereocenters. The van der Waals surface area contributed by atoms with Crippen LogP contribution in [0.4, 0.5) is 14.6 Å². The lowest BCUT2D eigenvalue weighted by molar-refractivity contribution is -0.121. The van der Waals surface area contributed by atoms with E-state index < -0.39 is 23.9 Å². The SMILES string of the molecule is Cc1cnc(NCC(F)(F)c2ccccc2)c(=O)n1CC(=O)NCc1ccc2[nH]cnc2n1. The van der Waals surface area contributed by atoms with Crippen LogP contribution in [0, 0.1) is 6.92 Å². The van der Waals surface area contributed by atoms with Gasteiger partial charge >= 0.3 is 0 Å². The Morgan fingerprint density at radius 2 is 1.94 bits per heavy atom. The predicted octanol–water partition coefficient (Wildman–Crippen LogP) is 2.34. The van der Waals surface area contributed by atoms with Gasteiger partial charge in [0.05, 0.1) is 30.6 Å². The van der Waals surface area contributed by atoms with Crippen molar-refractivity contribution in [3.63, 3.8) is 0 Å². The standard InChI is InChI=1S/C22H21F2N7O2/c1-14-9-26-20(27-12-22(23,24)15-5-3-2-4-6-15)21(33)31(14)11-18(32)25-10-16-7-8-17-19(30-16)29-13-28-17/h2-9,13H,10-12H2,1H3,(H,25,32)(H,26,27)(H,28,29,30). The van der Waals surface area contributed by atoms with Crippen LogP contribution in [0.15, 0.2) is 59.8 Å². The number of alkyl halides is 2. The number of carbonyl (C=O) groups excluding carboxylic acids is 1. The molecule has 0 fully saturated rings. The first-order valence-electron chi connectivity index (χ1n) is 10.1. The topological polar surface area (TPSA) is 118 Å². The lowest BCUT2D eigenvalue weighted by Crippen LogP contribution is -2.35. The van der Waals surface area contributed by atoms with Crippen LogP contribution in [0.25, 0.3) is 11.2 Å². The Morgan fingerprint density at radius 1 is 1.15 bits per heavy atom. The van der Waals surface area contributed by atoms with Gasteiger partial charge < -0.3 is 15.6 Å². The van der Waals surface area contributed by atoms with Crippen molar-refractivity contribution in [3.05, 3.63) is 82.3 Å². The highest BCUT2D eigenvalue weighted by atomic mass is 19.3. The molecular formula is C22H21F2N7O2. The monoisotopic (exact) mass is 453 g/mol. The number of anilines is 1. The number of H-pyrrole nitrogens is 1. The summed E-state index contributed by atoms with van der Waals surface area (Å²) >= 11 is 0. The molecule has 33 heavy (non-hydrogen) atoms. The molecule has 0 saturated heterocycles. The van der Waals surface area contributed by atoms with E-state index in [1.54, 1.807) is 25.1 Å². The number of aromatic nitrogens is 5. The number of nitrogens with zero attached hydrogens (tertiary/aromatic N) is 4. The van der Waals surface area contributed by atoms with E-state index in [4.69, 9.17) is 0 Å². The van der Waals surface area contributed by atoms with E-state index in [2.05, 4.69) is 30.6 Å². The number of imidazole rings is 1. The zero-order valence-corrected chi connectivity index (χ0v) is 17.7. The Bertz CT molecular complexity index is 1340. The Labute approximate surface area is 186 Å². The molecule has 0 aliphatic rings. The average molecular weight is 453 g/mol. The van der Waals surface area contributed by atoms with Gasteiger partial charge in [-0.05, 0) is 19.1 Å². The van der Waals surface area contributed by atoms with E-state index in [1.165, 1.54) is 41.4 Å². The second kappa shape index (κ2) is 9.15. The molecule has 3 N–H and O–H groups in total. The lowest BCUT2D eigenvalue weighted by atomic mass is 10.1. The van der Waals surface area contributed by atoms with Crippen molar-refractivity contribution in [3.8, 4) is 0 Å². The van der Waals surface area contributed by atoms with Gasteiger partial charge in [-0.2, -0.15) is 8.78 Å². The quantitative estimate of drug-likeness (QED) is 0.377. The number of benzene rings is 1. The van der Waals surface area contributed by atoms with Crippen molar-refractivity contribution in [1.82, 2.24) is 29.8 Å². The fraction of sp³-hybridized carbons (Fsp3) is 0.227. The molecule has 1 aromatic carbocycles. The molecule has 0 bridgehead atoms. The number of carbonyl (C=O) groups is 1. The minimum Gasteiger partial charge on any atom is -0.359 e. The summed E-state index contributed by atoms with van der Waals surface area (Å²) in [6, 6.07) is 10.8. The van der Waals surface area contributed by atoms with Crippen molar-refractivity contribution < 1.29 is 13.6 Å². The van der Waals surface area contributed by atoms with Crippen LogP contribution in [0.3, 0.4) is 0 Å². The summed E-state index contributed by atoms with van der Waals surface area (Å²) in [6.07, 6.45) is 2.88. The Morgan fingerprint density at radius 3 is 2.73 bits per heavy atom. The fourth-order valence-electron chi connectivity index (χ4n) is 3.22. The fourth-order valence-corrected chi connectivity index (χ4v) is 3.22. The number of aromatic amines is 1. The largest absolute Gasteiger partial charge is 0.359 e. The van der Waals surface area contributed by atoms with Crippen LogP contribution in [0.1, 0.15) is 17.0 Å². The third-order valence-corrected chi connectivity index (χ3v) is 5.04. The number of halogens is 2. The van der Waals surface area contributed by atoms with Gasteiger partial charge in [0.1, 0.15) is 6.54 Å². The van der Waals surface area contributed by atoms with Crippen molar-refractivity contribution in [2.45, 2.75) is 25.9 Å². The summed E-state index contributed by atoms with van der Waals surface area (Å²) < 4.78 is 30.0. The van der Waals surface area contributed by atoms with Crippen molar-refractivity contribution in [2.75, 3.05) is 11.9 Å². The number of amides is 1. The third kappa shape index (κ3) is 5.03. The first kappa shape index (κ1) is 22.1. The van der Waals surface area contributed by atoms with Crippen molar-refractivity contribution in [1.29, 1.82) is 0 Å². The maximum absolute atomic E-state index is 14.4. The molecule has 4 aromatic rings. The van der Waals surface area contributed by atoms with Gasteiger partial charge in [-0.15, -0.1) is 0 Å². The van der Waals surface area contributed by atoms with E-state index in [9.17, 15) is 18.4 Å². The Hall–Kier alpha value is -4.15. The summed E-state index contributed by atoms with van der Waals surface area (Å²) in [6.45, 7) is 0.656. The zero-order valence-electron chi connectivity index (χ0n) is 17.7. The summed E-state index contributed by atoms with van der Waals surface area (Å²) in [4.78, 5) is 40.4. The minimum absolute atomic E-state index is 0.148. The second-order valence-electron chi connectivity index (χ2n) is 7.42. The highest BCUT2D eigenvalue weighted by Gasteiger charge is 2.31. The van der Waals surface area contributed by atoms with E-state index >= 15 is 0 Å². The smallest absolute Gasteiger partial charge is 0.293 e. The molecular weight excluding hydrogens is 432 g/mol. The van der Waals surface area contributed by atoms with Crippen molar-refractivity contribution in [2.24, 2.45) is 0 Å². The maximum atomic E-state index is 14.4. The molecule has 3 heterocycles. The number of aryl methyl sites for hydroxylation is 1. The zero-order chi connectivity index (χ0) is 23.4. The van der Waals surface area contributed by atoms with Crippen LogP contribution in [-0.4, -0.2) is 37.0 Å². The molecule has 3 aromatic heterocycles. The second-order valence-corrected chi connectivity index (χ2v) is 7.42. The van der Waals surface area contributed by atoms with E-state index in [-0.39, 0.29) is 24.5 Å². The van der Waals surface area contributed by atoms with Gasteiger partial charge in [0, 0.05) is 17.5 Å².